The fraction of sp³-hybridized carbons (Fsp3) is 0.273. The average Bonchev–Trinajstić information content (AvgIpc) is 2.94. The second-order valence-corrected chi connectivity index (χ2v) is 13.0. The van der Waals surface area contributed by atoms with E-state index in [0.717, 1.165) is 32.0 Å². The third kappa shape index (κ3) is 8.21. The number of aldehydes is 1. The van der Waals surface area contributed by atoms with Crippen LogP contribution >= 0.6 is 23.5 Å². The number of phenolic OH excluding ortho intramolecular Hbond substituents is 2. The summed E-state index contributed by atoms with van der Waals surface area (Å²) in [6.45, 7) is 16.5. The quantitative estimate of drug-likeness (QED) is 0.0516. The molecule has 0 bridgehead atoms. The Morgan fingerprint density at radius 1 is 0.780 bits per heavy atom. The number of aliphatic carboxylic acids is 1. The van der Waals surface area contributed by atoms with Crippen LogP contribution in [0.25, 0.3) is 0 Å². The Kier molecular flexibility index (Phi) is 11.6. The predicted octanol–water partition coefficient (Wildman–Crippen LogP) is 6.86. The van der Waals surface area contributed by atoms with Gasteiger partial charge in [0, 0.05) is 29.1 Å². The number of thioether (sulfide) groups is 2. The van der Waals surface area contributed by atoms with Gasteiger partial charge in [0.05, 0.1) is 4.08 Å². The van der Waals surface area contributed by atoms with Crippen LogP contribution in [-0.2, 0) is 35.3 Å². The molecule has 3 N–H and O–H groups in total. The van der Waals surface area contributed by atoms with Crippen LogP contribution in [0, 0.1) is 0 Å². The van der Waals surface area contributed by atoms with Crippen molar-refractivity contribution >= 4 is 35.8 Å². The van der Waals surface area contributed by atoms with Gasteiger partial charge in [0.2, 0.25) is 0 Å². The van der Waals surface area contributed by atoms with Gasteiger partial charge in [-0.1, -0.05) is 24.3 Å². The van der Waals surface area contributed by atoms with E-state index in [-0.39, 0.29) is 21.2 Å². The standard InChI is InChI=1S/C33H37NO5S2/c1-5-9-23-17-28(18-24(10-6-2)30(23)36)40-33(13-15-34(16-14-33)21-27(22-35)32(38)39)41-29-19-25(11-7-3)31(37)26(20-29)12-8-4/h5-8,17-22,36-37H,1-4,9-16H2,(H,38,39). The lowest BCUT2D eigenvalue weighted by atomic mass is 10.0. The molecule has 0 amide bonds. The molecule has 0 saturated carbocycles. The molecule has 216 valence electrons. The zero-order valence-electron chi connectivity index (χ0n) is 23.2. The molecule has 3 rings (SSSR count). The first-order chi connectivity index (χ1) is 19.7. The third-order valence-corrected chi connectivity index (χ3v) is 9.81. The summed E-state index contributed by atoms with van der Waals surface area (Å²) in [5.74, 6) is -0.733. The number of phenols is 2. The van der Waals surface area contributed by atoms with E-state index in [4.69, 9.17) is 0 Å². The number of carbonyl (C=O) groups is 2. The molecule has 1 heterocycles. The first-order valence-corrected chi connectivity index (χ1v) is 15.0. The maximum atomic E-state index is 11.4. The van der Waals surface area contributed by atoms with E-state index in [1.54, 1.807) is 47.8 Å². The maximum Gasteiger partial charge on any atom is 0.340 e. The summed E-state index contributed by atoms with van der Waals surface area (Å²) in [6, 6.07) is 8.00. The number of carboxylic acid groups (broad SMARTS) is 1. The monoisotopic (exact) mass is 591 g/mol. The van der Waals surface area contributed by atoms with E-state index >= 15 is 0 Å². The zero-order chi connectivity index (χ0) is 30.0. The number of carbonyl (C=O) groups excluding carboxylic acids is 1. The zero-order valence-corrected chi connectivity index (χ0v) is 24.8. The van der Waals surface area contributed by atoms with Crippen molar-refractivity contribution < 1.29 is 24.9 Å². The Morgan fingerprint density at radius 3 is 1.44 bits per heavy atom. The molecule has 8 heteroatoms. The van der Waals surface area contributed by atoms with E-state index in [9.17, 15) is 24.9 Å². The first kappa shape index (κ1) is 31.9. The van der Waals surface area contributed by atoms with Gasteiger partial charge < -0.3 is 20.2 Å². The SMILES string of the molecule is C=CCc1cc(SC2(Sc3cc(CC=C)c(O)c(CC=C)c3)CCN(C=C(C=O)C(=O)O)CC2)cc(CC=C)c1O. The molecule has 0 spiro atoms. The second kappa shape index (κ2) is 14.8. The summed E-state index contributed by atoms with van der Waals surface area (Å²) in [7, 11) is 0. The topological polar surface area (TPSA) is 98.1 Å². The van der Waals surface area contributed by atoms with Crippen molar-refractivity contribution in [3.8, 4) is 11.5 Å². The van der Waals surface area contributed by atoms with Gasteiger partial charge in [-0.3, -0.25) is 4.79 Å². The molecule has 0 atom stereocenters. The summed E-state index contributed by atoms with van der Waals surface area (Å²) in [6.07, 6.45) is 12.3. The Balaban J connectivity index is 2.06. The summed E-state index contributed by atoms with van der Waals surface area (Å²) in [5.41, 5.74) is 2.91. The molecule has 0 aromatic heterocycles. The van der Waals surface area contributed by atoms with Crippen LogP contribution in [0.15, 0.2) is 96.4 Å². The summed E-state index contributed by atoms with van der Waals surface area (Å²) in [4.78, 5) is 26.6. The number of rotatable bonds is 15. The predicted molar refractivity (Wildman–Crippen MR) is 169 cm³/mol. The highest BCUT2D eigenvalue weighted by Gasteiger charge is 2.37. The van der Waals surface area contributed by atoms with Gasteiger partial charge >= 0.3 is 5.97 Å². The van der Waals surface area contributed by atoms with Crippen molar-refractivity contribution in [3.63, 3.8) is 0 Å². The van der Waals surface area contributed by atoms with Crippen molar-refractivity contribution in [2.75, 3.05) is 13.1 Å². The molecule has 0 aliphatic carbocycles. The molecule has 0 unspecified atom stereocenters. The molecule has 1 aliphatic heterocycles. The lowest BCUT2D eigenvalue weighted by molar-refractivity contribution is -0.133. The molecule has 2 aromatic rings. The van der Waals surface area contributed by atoms with Crippen LogP contribution in [0.2, 0.25) is 0 Å². The Morgan fingerprint density at radius 2 is 1.15 bits per heavy atom. The van der Waals surface area contributed by atoms with Gasteiger partial charge in [0.1, 0.15) is 17.1 Å². The Hall–Kier alpha value is -3.62. The van der Waals surface area contributed by atoms with Crippen molar-refractivity contribution in [2.24, 2.45) is 0 Å². The highest BCUT2D eigenvalue weighted by molar-refractivity contribution is 8.18. The minimum absolute atomic E-state index is 0.257. The van der Waals surface area contributed by atoms with Crippen molar-refractivity contribution in [2.45, 2.75) is 52.4 Å². The summed E-state index contributed by atoms with van der Waals surface area (Å²) >= 11 is 3.44. The van der Waals surface area contributed by atoms with Gasteiger partial charge in [0.15, 0.2) is 6.29 Å². The van der Waals surface area contributed by atoms with Gasteiger partial charge in [-0.15, -0.1) is 49.8 Å². The fourth-order valence-electron chi connectivity index (χ4n) is 4.80. The molecule has 0 radical (unpaired) electrons. The van der Waals surface area contributed by atoms with E-state index in [2.05, 4.69) is 26.3 Å². The lowest BCUT2D eigenvalue weighted by Crippen LogP contribution is -2.38. The molecule has 2 aromatic carbocycles. The number of nitrogens with zero attached hydrogens (tertiary/aromatic N) is 1. The lowest BCUT2D eigenvalue weighted by Gasteiger charge is -2.41. The molecule has 1 aliphatic rings. The molecular weight excluding hydrogens is 554 g/mol. The van der Waals surface area contributed by atoms with Crippen LogP contribution in [0.4, 0.5) is 0 Å². The second-order valence-electron chi connectivity index (χ2n) is 9.81. The molecule has 6 nitrogen and oxygen atoms in total. The van der Waals surface area contributed by atoms with E-state index in [0.29, 0.717) is 57.9 Å². The van der Waals surface area contributed by atoms with E-state index in [1.807, 2.05) is 29.2 Å². The van der Waals surface area contributed by atoms with Crippen molar-refractivity contribution in [1.82, 2.24) is 4.90 Å². The molecule has 41 heavy (non-hydrogen) atoms. The number of benzene rings is 2. The minimum atomic E-state index is -1.25. The Labute approximate surface area is 250 Å². The Bertz CT molecular complexity index is 1220. The summed E-state index contributed by atoms with van der Waals surface area (Å²) < 4.78 is -0.351. The number of likely N-dealkylation sites (tertiary alicyclic amines) is 1. The summed E-state index contributed by atoms with van der Waals surface area (Å²) in [5, 5.41) is 30.9. The normalized spacial score (nSPS) is 14.7. The number of piperidine rings is 1. The van der Waals surface area contributed by atoms with Crippen LogP contribution in [0.5, 0.6) is 11.5 Å². The average molecular weight is 592 g/mol. The number of hydrogen-bond donors (Lipinski definition) is 3. The third-order valence-electron chi connectivity index (χ3n) is 6.80. The smallest absolute Gasteiger partial charge is 0.340 e. The first-order valence-electron chi connectivity index (χ1n) is 13.3. The fourth-order valence-corrected chi connectivity index (χ4v) is 7.98. The highest BCUT2D eigenvalue weighted by Crippen LogP contribution is 2.53. The van der Waals surface area contributed by atoms with E-state index in [1.165, 1.54) is 6.20 Å². The number of carboxylic acids is 1. The largest absolute Gasteiger partial charge is 0.507 e. The van der Waals surface area contributed by atoms with Crippen LogP contribution in [-0.4, -0.2) is 49.6 Å². The van der Waals surface area contributed by atoms with Gasteiger partial charge in [-0.2, -0.15) is 0 Å². The van der Waals surface area contributed by atoms with Gasteiger partial charge in [0.25, 0.3) is 0 Å². The van der Waals surface area contributed by atoms with Gasteiger partial charge in [-0.25, -0.2) is 4.79 Å². The maximum absolute atomic E-state index is 11.4. The number of allylic oxidation sites excluding steroid dienone is 4. The minimum Gasteiger partial charge on any atom is -0.507 e. The highest BCUT2D eigenvalue weighted by atomic mass is 32.2. The number of aromatic hydroxyl groups is 2. The van der Waals surface area contributed by atoms with Crippen LogP contribution in [0.3, 0.4) is 0 Å². The van der Waals surface area contributed by atoms with Crippen molar-refractivity contribution in [3.05, 3.63) is 109 Å². The molecule has 1 fully saturated rings. The molecule has 1 saturated heterocycles. The van der Waals surface area contributed by atoms with E-state index < -0.39 is 5.97 Å². The van der Waals surface area contributed by atoms with Crippen LogP contribution in [0.1, 0.15) is 35.1 Å². The molecular formula is C33H37NO5S2. The van der Waals surface area contributed by atoms with Crippen molar-refractivity contribution in [1.29, 1.82) is 0 Å². The number of hydrogen-bond acceptors (Lipinski definition) is 7. The van der Waals surface area contributed by atoms with Gasteiger partial charge in [-0.05, 0) is 85.0 Å². The van der Waals surface area contributed by atoms with Crippen LogP contribution < -0.4 is 0 Å².